The van der Waals surface area contributed by atoms with Gasteiger partial charge in [0.05, 0.1) is 6.54 Å². The third-order valence-corrected chi connectivity index (χ3v) is 2.18. The smallest absolute Gasteiger partial charge is 0.134 e. The quantitative estimate of drug-likeness (QED) is 0.499. The monoisotopic (exact) mass is 131 g/mol. The lowest BCUT2D eigenvalue weighted by Gasteiger charge is -2.06. The Hall–Kier alpha value is -0.0200. The summed E-state index contributed by atoms with van der Waals surface area (Å²) in [5.74, 6) is 2.23. The summed E-state index contributed by atoms with van der Waals surface area (Å²) in [6.45, 7) is 1.70. The van der Waals surface area contributed by atoms with E-state index < -0.39 is 0 Å². The molecule has 0 radical (unpaired) electrons. The molecule has 8 heavy (non-hydrogen) atoms. The van der Waals surface area contributed by atoms with E-state index in [1.54, 1.807) is 0 Å². The number of hydrogen-bond acceptors (Lipinski definition) is 3. The van der Waals surface area contributed by atoms with Crippen LogP contribution in [0.1, 0.15) is 0 Å². The van der Waals surface area contributed by atoms with E-state index in [1.807, 2.05) is 11.8 Å². The Kier molecular flexibility index (Phi) is 2.36. The fraction of sp³-hybridized carbons (Fsp3) is 0.800. The minimum Gasteiger partial charge on any atom is -0.302 e. The minimum atomic E-state index is 0.618. The second-order valence-corrected chi connectivity index (χ2v) is 2.86. The van der Waals surface area contributed by atoms with Gasteiger partial charge in [0.1, 0.15) is 6.29 Å². The predicted octanol–water partition coefficient (Wildman–Crippen LogP) is 0.192. The van der Waals surface area contributed by atoms with Crippen LogP contribution in [0.5, 0.6) is 0 Å². The van der Waals surface area contributed by atoms with Crippen LogP contribution in [0.2, 0.25) is 0 Å². The van der Waals surface area contributed by atoms with Crippen molar-refractivity contribution in [2.24, 2.45) is 0 Å². The van der Waals surface area contributed by atoms with Gasteiger partial charge in [-0.1, -0.05) is 0 Å². The summed E-state index contributed by atoms with van der Waals surface area (Å²) >= 11 is 1.89. The molecule has 0 spiro atoms. The number of rotatable bonds is 2. The summed E-state index contributed by atoms with van der Waals surface area (Å²) in [4.78, 5) is 12.0. The van der Waals surface area contributed by atoms with Crippen molar-refractivity contribution < 1.29 is 4.79 Å². The molecule has 1 fully saturated rings. The molecule has 46 valence electrons. The first-order chi connectivity index (χ1) is 3.93. The van der Waals surface area contributed by atoms with Crippen LogP contribution in [0, 0.1) is 0 Å². The van der Waals surface area contributed by atoms with Gasteiger partial charge in [-0.15, -0.1) is 11.8 Å². The van der Waals surface area contributed by atoms with E-state index in [9.17, 15) is 4.79 Å². The second kappa shape index (κ2) is 3.10. The van der Waals surface area contributed by atoms with E-state index in [0.29, 0.717) is 6.54 Å². The molecule has 0 bridgehead atoms. The van der Waals surface area contributed by atoms with Gasteiger partial charge < -0.3 is 4.79 Å². The van der Waals surface area contributed by atoms with Gasteiger partial charge in [-0.3, -0.25) is 4.90 Å². The molecule has 3 heteroatoms. The van der Waals surface area contributed by atoms with Crippen molar-refractivity contribution >= 4 is 18.0 Å². The average molecular weight is 131 g/mol. The number of thioether (sulfide) groups is 1. The van der Waals surface area contributed by atoms with Crippen LogP contribution < -0.4 is 0 Å². The molecule has 1 rings (SSSR count). The van der Waals surface area contributed by atoms with Gasteiger partial charge in [0.25, 0.3) is 0 Å². The summed E-state index contributed by atoms with van der Waals surface area (Å²) in [6.07, 6.45) is 0.964. The number of carbonyl (C=O) groups is 1. The predicted molar refractivity (Wildman–Crippen MR) is 35.0 cm³/mol. The first-order valence-corrected chi connectivity index (χ1v) is 3.82. The molecule has 1 aliphatic rings. The molecule has 0 atom stereocenters. The van der Waals surface area contributed by atoms with Crippen LogP contribution in [-0.2, 0) is 4.79 Å². The minimum absolute atomic E-state index is 0.618. The molecular formula is C5H9NOS. The molecule has 0 aliphatic carbocycles. The summed E-state index contributed by atoms with van der Waals surface area (Å²) < 4.78 is 0. The van der Waals surface area contributed by atoms with Crippen LogP contribution in [0.3, 0.4) is 0 Å². The third-order valence-electron chi connectivity index (χ3n) is 1.16. The maximum atomic E-state index is 9.91. The van der Waals surface area contributed by atoms with Crippen molar-refractivity contribution in [1.29, 1.82) is 0 Å². The fourth-order valence-corrected chi connectivity index (χ4v) is 1.71. The lowest BCUT2D eigenvalue weighted by molar-refractivity contribution is -0.108. The highest BCUT2D eigenvalue weighted by Crippen LogP contribution is 2.11. The van der Waals surface area contributed by atoms with E-state index in [1.165, 1.54) is 5.75 Å². The summed E-state index contributed by atoms with van der Waals surface area (Å²) in [6, 6.07) is 0. The maximum Gasteiger partial charge on any atom is 0.134 e. The standard InChI is InChI=1S/C5H9NOS/c7-3-1-6-2-4-8-5-6/h3H,1-2,4-5H2. The third kappa shape index (κ3) is 1.49. The van der Waals surface area contributed by atoms with Crippen LogP contribution in [0.15, 0.2) is 0 Å². The number of hydrogen-bond donors (Lipinski definition) is 0. The molecular weight excluding hydrogens is 122 g/mol. The van der Waals surface area contributed by atoms with Gasteiger partial charge in [0.2, 0.25) is 0 Å². The Labute approximate surface area is 53.2 Å². The average Bonchev–Trinajstić information content (AvgIpc) is 2.19. The highest BCUT2D eigenvalue weighted by molar-refractivity contribution is 7.99. The SMILES string of the molecule is O=CCN1CCSC1. The van der Waals surface area contributed by atoms with E-state index >= 15 is 0 Å². The van der Waals surface area contributed by atoms with Crippen LogP contribution >= 0.6 is 11.8 Å². The zero-order chi connectivity index (χ0) is 5.82. The van der Waals surface area contributed by atoms with E-state index in [0.717, 1.165) is 18.7 Å². The summed E-state index contributed by atoms with van der Waals surface area (Å²) in [5, 5.41) is 0. The van der Waals surface area contributed by atoms with Crippen LogP contribution in [0.4, 0.5) is 0 Å². The van der Waals surface area contributed by atoms with E-state index in [4.69, 9.17) is 0 Å². The molecule has 0 aromatic carbocycles. The fourth-order valence-electron chi connectivity index (χ4n) is 0.701. The van der Waals surface area contributed by atoms with Crippen molar-refractivity contribution in [3.63, 3.8) is 0 Å². The normalized spacial score (nSPS) is 21.5. The Bertz CT molecular complexity index is 80.5. The van der Waals surface area contributed by atoms with Crippen molar-refractivity contribution in [1.82, 2.24) is 4.90 Å². The van der Waals surface area contributed by atoms with Crippen LogP contribution in [0.25, 0.3) is 0 Å². The molecule has 0 unspecified atom stereocenters. The van der Waals surface area contributed by atoms with E-state index in [2.05, 4.69) is 4.90 Å². The first kappa shape index (κ1) is 6.11. The van der Waals surface area contributed by atoms with Crippen molar-refractivity contribution in [3.8, 4) is 0 Å². The highest BCUT2D eigenvalue weighted by Gasteiger charge is 2.09. The maximum absolute atomic E-state index is 9.91. The molecule has 1 saturated heterocycles. The van der Waals surface area contributed by atoms with Gasteiger partial charge in [-0.2, -0.15) is 0 Å². The zero-order valence-corrected chi connectivity index (χ0v) is 5.49. The molecule has 0 N–H and O–H groups in total. The molecule has 0 aromatic rings. The van der Waals surface area contributed by atoms with Gasteiger partial charge in [0.15, 0.2) is 0 Å². The van der Waals surface area contributed by atoms with E-state index in [-0.39, 0.29) is 0 Å². The van der Waals surface area contributed by atoms with Crippen molar-refractivity contribution in [2.75, 3.05) is 24.7 Å². The van der Waals surface area contributed by atoms with Crippen LogP contribution in [-0.4, -0.2) is 35.9 Å². The Morgan fingerprint density at radius 2 is 2.62 bits per heavy atom. The molecule has 2 nitrogen and oxygen atoms in total. The van der Waals surface area contributed by atoms with Gasteiger partial charge in [-0.25, -0.2) is 0 Å². The largest absolute Gasteiger partial charge is 0.302 e. The van der Waals surface area contributed by atoms with Crippen molar-refractivity contribution in [3.05, 3.63) is 0 Å². The van der Waals surface area contributed by atoms with Gasteiger partial charge >= 0.3 is 0 Å². The molecule has 1 heterocycles. The zero-order valence-electron chi connectivity index (χ0n) is 4.67. The molecule has 0 amide bonds. The number of carbonyl (C=O) groups excluding carboxylic acids is 1. The summed E-state index contributed by atoms with van der Waals surface area (Å²) in [7, 11) is 0. The number of nitrogens with zero attached hydrogens (tertiary/aromatic N) is 1. The summed E-state index contributed by atoms with van der Waals surface area (Å²) in [5.41, 5.74) is 0. The number of aldehydes is 1. The Morgan fingerprint density at radius 3 is 3.12 bits per heavy atom. The Balaban J connectivity index is 2.14. The first-order valence-electron chi connectivity index (χ1n) is 2.67. The molecule has 1 aliphatic heterocycles. The lowest BCUT2D eigenvalue weighted by Crippen LogP contribution is -2.21. The highest BCUT2D eigenvalue weighted by atomic mass is 32.2. The molecule has 0 saturated carbocycles. The lowest BCUT2D eigenvalue weighted by atomic mass is 10.6. The van der Waals surface area contributed by atoms with Gasteiger partial charge in [0, 0.05) is 18.2 Å². The second-order valence-electron chi connectivity index (χ2n) is 1.78. The van der Waals surface area contributed by atoms with Crippen molar-refractivity contribution in [2.45, 2.75) is 0 Å². The molecule has 0 aromatic heterocycles. The van der Waals surface area contributed by atoms with Gasteiger partial charge in [-0.05, 0) is 0 Å². The topological polar surface area (TPSA) is 20.3 Å². The Morgan fingerprint density at radius 1 is 1.75 bits per heavy atom.